The Morgan fingerprint density at radius 1 is 1.53 bits per heavy atom. The molecule has 0 fully saturated rings. The van der Waals surface area contributed by atoms with Crippen molar-refractivity contribution in [2.75, 3.05) is 19.0 Å². The Hall–Kier alpha value is -0.870. The van der Waals surface area contributed by atoms with Gasteiger partial charge in [0.05, 0.1) is 5.69 Å². The number of rotatable bonds is 5. The zero-order chi connectivity index (χ0) is 12.8. The van der Waals surface area contributed by atoms with E-state index in [-0.39, 0.29) is 11.8 Å². The van der Waals surface area contributed by atoms with E-state index in [1.165, 1.54) is 0 Å². The molecule has 0 aliphatic heterocycles. The SMILES string of the molecule is COCC(C)CC(=O)Nc1cccc(C)c1Br. The Labute approximate surface area is 111 Å². The molecule has 1 amide bonds. The molecule has 0 aliphatic carbocycles. The summed E-state index contributed by atoms with van der Waals surface area (Å²) in [4.78, 5) is 11.8. The maximum atomic E-state index is 11.8. The first-order valence-electron chi connectivity index (χ1n) is 5.58. The molecule has 3 nitrogen and oxygen atoms in total. The second-order valence-corrected chi connectivity index (χ2v) is 5.04. The van der Waals surface area contributed by atoms with E-state index in [0.717, 1.165) is 15.7 Å². The highest BCUT2D eigenvalue weighted by atomic mass is 79.9. The van der Waals surface area contributed by atoms with Gasteiger partial charge in [0.15, 0.2) is 0 Å². The number of carbonyl (C=O) groups excluding carboxylic acids is 1. The third kappa shape index (κ3) is 4.48. The second kappa shape index (κ2) is 6.77. The van der Waals surface area contributed by atoms with Gasteiger partial charge in [0, 0.05) is 24.6 Å². The van der Waals surface area contributed by atoms with Crippen LogP contribution in [0.15, 0.2) is 22.7 Å². The van der Waals surface area contributed by atoms with Gasteiger partial charge in [-0.3, -0.25) is 4.79 Å². The molecule has 1 atom stereocenters. The van der Waals surface area contributed by atoms with E-state index in [1.54, 1.807) is 7.11 Å². The Kier molecular flexibility index (Phi) is 5.65. The van der Waals surface area contributed by atoms with Gasteiger partial charge >= 0.3 is 0 Å². The van der Waals surface area contributed by atoms with E-state index in [9.17, 15) is 4.79 Å². The summed E-state index contributed by atoms with van der Waals surface area (Å²) in [5.41, 5.74) is 1.92. The molecule has 4 heteroatoms. The van der Waals surface area contributed by atoms with Gasteiger partial charge in [-0.05, 0) is 40.4 Å². The summed E-state index contributed by atoms with van der Waals surface area (Å²) >= 11 is 3.47. The first kappa shape index (κ1) is 14.2. The minimum Gasteiger partial charge on any atom is -0.384 e. The highest BCUT2D eigenvalue weighted by molar-refractivity contribution is 9.10. The molecule has 0 bridgehead atoms. The Morgan fingerprint density at radius 3 is 2.88 bits per heavy atom. The lowest BCUT2D eigenvalue weighted by molar-refractivity contribution is -0.117. The maximum absolute atomic E-state index is 11.8. The normalized spacial score (nSPS) is 12.2. The Morgan fingerprint density at radius 2 is 2.24 bits per heavy atom. The van der Waals surface area contributed by atoms with Crippen molar-refractivity contribution >= 4 is 27.5 Å². The number of aryl methyl sites for hydroxylation is 1. The third-order valence-corrected chi connectivity index (χ3v) is 3.50. The number of carbonyl (C=O) groups is 1. The molecule has 1 N–H and O–H groups in total. The minimum atomic E-state index is 0.0147. The number of halogens is 1. The lowest BCUT2D eigenvalue weighted by atomic mass is 10.1. The van der Waals surface area contributed by atoms with Crippen LogP contribution in [0.25, 0.3) is 0 Å². The van der Waals surface area contributed by atoms with Crippen LogP contribution in [0.1, 0.15) is 18.9 Å². The van der Waals surface area contributed by atoms with Crippen LogP contribution in [0.4, 0.5) is 5.69 Å². The summed E-state index contributed by atoms with van der Waals surface area (Å²) in [6.07, 6.45) is 0.466. The quantitative estimate of drug-likeness (QED) is 0.905. The molecule has 94 valence electrons. The summed E-state index contributed by atoms with van der Waals surface area (Å²) < 4.78 is 5.95. The molecule has 0 saturated carbocycles. The van der Waals surface area contributed by atoms with Gasteiger partial charge in [0.25, 0.3) is 0 Å². The van der Waals surface area contributed by atoms with Crippen molar-refractivity contribution in [2.45, 2.75) is 20.3 Å². The minimum absolute atomic E-state index is 0.0147. The van der Waals surface area contributed by atoms with Crippen molar-refractivity contribution in [3.63, 3.8) is 0 Å². The van der Waals surface area contributed by atoms with Crippen LogP contribution in [0.5, 0.6) is 0 Å². The van der Waals surface area contributed by atoms with Gasteiger partial charge in [0.1, 0.15) is 0 Å². The maximum Gasteiger partial charge on any atom is 0.224 e. The van der Waals surface area contributed by atoms with Crippen LogP contribution in [0.2, 0.25) is 0 Å². The van der Waals surface area contributed by atoms with Gasteiger partial charge < -0.3 is 10.1 Å². The van der Waals surface area contributed by atoms with Crippen LogP contribution in [0.3, 0.4) is 0 Å². The van der Waals surface area contributed by atoms with E-state index < -0.39 is 0 Å². The second-order valence-electron chi connectivity index (χ2n) is 4.25. The molecule has 1 aromatic carbocycles. The molecule has 0 aliphatic rings. The molecule has 1 aromatic rings. The van der Waals surface area contributed by atoms with Gasteiger partial charge in [-0.1, -0.05) is 19.1 Å². The van der Waals surface area contributed by atoms with Crippen molar-refractivity contribution in [3.8, 4) is 0 Å². The molecule has 17 heavy (non-hydrogen) atoms. The fraction of sp³-hybridized carbons (Fsp3) is 0.462. The summed E-state index contributed by atoms with van der Waals surface area (Å²) in [5.74, 6) is 0.240. The van der Waals surface area contributed by atoms with Gasteiger partial charge in [0.2, 0.25) is 5.91 Å². The van der Waals surface area contributed by atoms with E-state index in [1.807, 2.05) is 32.0 Å². The van der Waals surface area contributed by atoms with E-state index in [2.05, 4.69) is 21.2 Å². The zero-order valence-corrected chi connectivity index (χ0v) is 12.0. The summed E-state index contributed by atoms with van der Waals surface area (Å²) in [5, 5.41) is 2.90. The van der Waals surface area contributed by atoms with Crippen LogP contribution in [-0.2, 0) is 9.53 Å². The van der Waals surface area contributed by atoms with Crippen LogP contribution < -0.4 is 5.32 Å². The predicted molar refractivity (Wildman–Crippen MR) is 73.2 cm³/mol. The number of amides is 1. The van der Waals surface area contributed by atoms with Crippen molar-refractivity contribution in [2.24, 2.45) is 5.92 Å². The highest BCUT2D eigenvalue weighted by Gasteiger charge is 2.11. The standard InChI is InChI=1S/C13H18BrNO2/c1-9(8-17-3)7-12(16)15-11-6-4-5-10(2)13(11)14/h4-6,9H,7-8H2,1-3H3,(H,15,16). The first-order chi connectivity index (χ1) is 8.04. The van der Waals surface area contributed by atoms with Crippen LogP contribution in [-0.4, -0.2) is 19.6 Å². The van der Waals surface area contributed by atoms with Gasteiger partial charge in [-0.25, -0.2) is 0 Å². The van der Waals surface area contributed by atoms with Crippen LogP contribution >= 0.6 is 15.9 Å². The number of hydrogen-bond donors (Lipinski definition) is 1. The molecule has 0 heterocycles. The molecule has 0 saturated heterocycles. The smallest absolute Gasteiger partial charge is 0.224 e. The van der Waals surface area contributed by atoms with Crippen molar-refractivity contribution in [1.29, 1.82) is 0 Å². The predicted octanol–water partition coefficient (Wildman–Crippen LogP) is 3.37. The van der Waals surface area contributed by atoms with Crippen molar-refractivity contribution in [1.82, 2.24) is 0 Å². The van der Waals surface area contributed by atoms with E-state index >= 15 is 0 Å². The number of benzene rings is 1. The molecule has 1 unspecified atom stereocenters. The monoisotopic (exact) mass is 299 g/mol. The van der Waals surface area contributed by atoms with E-state index in [4.69, 9.17) is 4.74 Å². The fourth-order valence-corrected chi connectivity index (χ4v) is 1.97. The lowest BCUT2D eigenvalue weighted by Crippen LogP contribution is -2.17. The Balaban J connectivity index is 2.59. The number of ether oxygens (including phenoxy) is 1. The molecule has 0 aromatic heterocycles. The number of hydrogen-bond acceptors (Lipinski definition) is 2. The highest BCUT2D eigenvalue weighted by Crippen LogP contribution is 2.25. The lowest BCUT2D eigenvalue weighted by Gasteiger charge is -2.12. The zero-order valence-electron chi connectivity index (χ0n) is 10.4. The molecular weight excluding hydrogens is 282 g/mol. The summed E-state index contributed by atoms with van der Waals surface area (Å²) in [6, 6.07) is 5.80. The average Bonchev–Trinajstić information content (AvgIpc) is 2.25. The molecule has 0 spiro atoms. The number of anilines is 1. The largest absolute Gasteiger partial charge is 0.384 e. The fourth-order valence-electron chi connectivity index (χ4n) is 1.61. The van der Waals surface area contributed by atoms with Gasteiger partial charge in [-0.2, -0.15) is 0 Å². The average molecular weight is 300 g/mol. The third-order valence-electron chi connectivity index (χ3n) is 2.45. The topological polar surface area (TPSA) is 38.3 Å². The molecule has 0 radical (unpaired) electrons. The molecular formula is C13H18BrNO2. The first-order valence-corrected chi connectivity index (χ1v) is 6.37. The van der Waals surface area contributed by atoms with Crippen molar-refractivity contribution in [3.05, 3.63) is 28.2 Å². The van der Waals surface area contributed by atoms with Crippen LogP contribution in [0, 0.1) is 12.8 Å². The van der Waals surface area contributed by atoms with Crippen molar-refractivity contribution < 1.29 is 9.53 Å². The Bertz CT molecular complexity index is 393. The number of methoxy groups -OCH3 is 1. The van der Waals surface area contributed by atoms with Gasteiger partial charge in [-0.15, -0.1) is 0 Å². The number of nitrogens with one attached hydrogen (secondary N) is 1. The summed E-state index contributed by atoms with van der Waals surface area (Å²) in [7, 11) is 1.64. The molecule has 1 rings (SSSR count). The summed E-state index contributed by atoms with van der Waals surface area (Å²) in [6.45, 7) is 4.59. The van der Waals surface area contributed by atoms with E-state index in [0.29, 0.717) is 13.0 Å².